The van der Waals surface area contributed by atoms with Crippen molar-refractivity contribution < 1.29 is 14.3 Å². The van der Waals surface area contributed by atoms with Crippen molar-refractivity contribution in [1.82, 2.24) is 0 Å². The van der Waals surface area contributed by atoms with Crippen LogP contribution >= 0.6 is 15.9 Å². The van der Waals surface area contributed by atoms with Gasteiger partial charge in [-0.2, -0.15) is 0 Å². The van der Waals surface area contributed by atoms with Gasteiger partial charge in [-0.3, -0.25) is 4.79 Å². The number of aryl methyl sites for hydroxylation is 2. The van der Waals surface area contributed by atoms with Crippen LogP contribution in [0.3, 0.4) is 0 Å². The highest BCUT2D eigenvalue weighted by molar-refractivity contribution is 9.10. The molecule has 23 heavy (non-hydrogen) atoms. The van der Waals surface area contributed by atoms with Crippen molar-refractivity contribution in [1.29, 1.82) is 0 Å². The number of hydrogen-bond donors (Lipinski definition) is 1. The largest absolute Gasteiger partial charge is 0.495 e. The topological polar surface area (TPSA) is 47.6 Å². The Balaban J connectivity index is 1.99. The Kier molecular flexibility index (Phi) is 6.04. The molecule has 2 aromatic carbocycles. The van der Waals surface area contributed by atoms with Gasteiger partial charge in [0.25, 0.3) is 5.91 Å². The Morgan fingerprint density at radius 3 is 2.57 bits per heavy atom. The third kappa shape index (κ3) is 4.73. The number of carbonyl (C=O) groups is 1. The maximum Gasteiger partial charge on any atom is 0.262 e. The minimum Gasteiger partial charge on any atom is -0.495 e. The zero-order chi connectivity index (χ0) is 16.8. The van der Waals surface area contributed by atoms with Gasteiger partial charge in [-0.25, -0.2) is 0 Å². The fourth-order valence-corrected chi connectivity index (χ4v) is 2.67. The average Bonchev–Trinajstić information content (AvgIpc) is 2.54. The molecule has 0 fully saturated rings. The second kappa shape index (κ2) is 8.02. The Hall–Kier alpha value is -2.01. The van der Waals surface area contributed by atoms with E-state index in [2.05, 4.69) is 28.2 Å². The number of ether oxygens (including phenoxy) is 2. The molecule has 0 aromatic heterocycles. The zero-order valence-electron chi connectivity index (χ0n) is 13.5. The first-order valence-electron chi connectivity index (χ1n) is 7.39. The van der Waals surface area contributed by atoms with Gasteiger partial charge in [0.2, 0.25) is 0 Å². The van der Waals surface area contributed by atoms with Gasteiger partial charge in [-0.15, -0.1) is 0 Å². The van der Waals surface area contributed by atoms with E-state index in [9.17, 15) is 4.79 Å². The number of carbonyl (C=O) groups excluding carboxylic acids is 1. The molecular formula is C18H20BrNO3. The molecule has 0 radical (unpaired) electrons. The van der Waals surface area contributed by atoms with E-state index in [-0.39, 0.29) is 12.5 Å². The normalized spacial score (nSPS) is 10.3. The summed E-state index contributed by atoms with van der Waals surface area (Å²) in [6, 6.07) is 11.5. The first kappa shape index (κ1) is 17.3. The van der Waals surface area contributed by atoms with E-state index in [0.29, 0.717) is 17.2 Å². The molecule has 0 aliphatic carbocycles. The van der Waals surface area contributed by atoms with Crippen molar-refractivity contribution >= 4 is 27.5 Å². The van der Waals surface area contributed by atoms with Gasteiger partial charge in [0.15, 0.2) is 6.61 Å². The lowest BCUT2D eigenvalue weighted by Gasteiger charge is -2.12. The number of halogens is 1. The summed E-state index contributed by atoms with van der Waals surface area (Å²) in [5.74, 6) is 1.03. The van der Waals surface area contributed by atoms with Crippen LogP contribution < -0.4 is 14.8 Å². The van der Waals surface area contributed by atoms with Crippen LogP contribution in [0.4, 0.5) is 5.69 Å². The molecule has 1 N–H and O–H groups in total. The van der Waals surface area contributed by atoms with Crippen LogP contribution in [0.2, 0.25) is 0 Å². The molecule has 0 heterocycles. The molecule has 5 heteroatoms. The van der Waals surface area contributed by atoms with Crippen molar-refractivity contribution in [3.05, 3.63) is 52.0 Å². The average molecular weight is 378 g/mol. The third-order valence-corrected chi connectivity index (χ3v) is 4.01. The monoisotopic (exact) mass is 377 g/mol. The van der Waals surface area contributed by atoms with Crippen LogP contribution in [0.15, 0.2) is 40.9 Å². The Labute approximate surface area is 144 Å². The van der Waals surface area contributed by atoms with Gasteiger partial charge in [0.1, 0.15) is 11.5 Å². The molecule has 0 aliphatic rings. The van der Waals surface area contributed by atoms with Crippen molar-refractivity contribution in [3.8, 4) is 11.5 Å². The van der Waals surface area contributed by atoms with Crippen LogP contribution in [-0.4, -0.2) is 19.6 Å². The summed E-state index contributed by atoms with van der Waals surface area (Å²) in [5, 5.41) is 2.81. The summed E-state index contributed by atoms with van der Waals surface area (Å²) >= 11 is 3.46. The molecule has 0 saturated carbocycles. The zero-order valence-corrected chi connectivity index (χ0v) is 15.1. The van der Waals surface area contributed by atoms with Crippen LogP contribution in [0.1, 0.15) is 18.1 Å². The van der Waals surface area contributed by atoms with Gasteiger partial charge in [-0.1, -0.05) is 19.1 Å². The summed E-state index contributed by atoms with van der Waals surface area (Å²) in [5.41, 5.74) is 2.89. The SMILES string of the molecule is CCc1ccc(OCC(=O)Nc2cc(C)ccc2OC)c(Br)c1. The molecule has 0 atom stereocenters. The number of nitrogens with one attached hydrogen (secondary N) is 1. The fourth-order valence-electron chi connectivity index (χ4n) is 2.13. The minimum absolute atomic E-state index is 0.0683. The molecule has 0 bridgehead atoms. The summed E-state index contributed by atoms with van der Waals surface area (Å²) < 4.78 is 11.7. The number of rotatable bonds is 6. The Morgan fingerprint density at radius 2 is 1.91 bits per heavy atom. The van der Waals surface area contributed by atoms with E-state index in [0.717, 1.165) is 16.5 Å². The van der Waals surface area contributed by atoms with Crippen molar-refractivity contribution in [2.24, 2.45) is 0 Å². The molecule has 2 rings (SSSR count). The predicted octanol–water partition coefficient (Wildman–Crippen LogP) is 4.35. The standard InChI is InChI=1S/C18H20BrNO3/c1-4-13-6-8-16(14(19)10-13)23-11-18(21)20-15-9-12(2)5-7-17(15)22-3/h5-10H,4,11H2,1-3H3,(H,20,21). The molecule has 0 aliphatic heterocycles. The fraction of sp³-hybridized carbons (Fsp3) is 0.278. The summed E-state index contributed by atoms with van der Waals surface area (Å²) in [6.07, 6.45) is 0.951. The highest BCUT2D eigenvalue weighted by Gasteiger charge is 2.10. The van der Waals surface area contributed by atoms with E-state index in [1.165, 1.54) is 5.56 Å². The number of benzene rings is 2. The van der Waals surface area contributed by atoms with E-state index >= 15 is 0 Å². The van der Waals surface area contributed by atoms with Crippen LogP contribution in [0.25, 0.3) is 0 Å². The lowest BCUT2D eigenvalue weighted by molar-refractivity contribution is -0.118. The van der Waals surface area contributed by atoms with Crippen LogP contribution in [0.5, 0.6) is 11.5 Å². The van der Waals surface area contributed by atoms with Gasteiger partial charge in [-0.05, 0) is 64.7 Å². The Morgan fingerprint density at radius 1 is 1.17 bits per heavy atom. The van der Waals surface area contributed by atoms with Crippen LogP contribution in [0, 0.1) is 6.92 Å². The third-order valence-electron chi connectivity index (χ3n) is 3.39. The highest BCUT2D eigenvalue weighted by atomic mass is 79.9. The highest BCUT2D eigenvalue weighted by Crippen LogP contribution is 2.27. The number of methoxy groups -OCH3 is 1. The Bertz CT molecular complexity index is 701. The molecule has 122 valence electrons. The maximum atomic E-state index is 12.1. The lowest BCUT2D eigenvalue weighted by atomic mass is 10.2. The van der Waals surface area contributed by atoms with Gasteiger partial charge in [0, 0.05) is 0 Å². The molecule has 0 spiro atoms. The molecular weight excluding hydrogens is 358 g/mol. The summed E-state index contributed by atoms with van der Waals surface area (Å²) in [6.45, 7) is 3.98. The summed E-state index contributed by atoms with van der Waals surface area (Å²) in [7, 11) is 1.57. The van der Waals surface area contributed by atoms with E-state index in [1.807, 2.05) is 43.3 Å². The first-order chi connectivity index (χ1) is 11.0. The van der Waals surface area contributed by atoms with Crippen LogP contribution in [-0.2, 0) is 11.2 Å². The smallest absolute Gasteiger partial charge is 0.262 e. The molecule has 2 aromatic rings. The number of anilines is 1. The predicted molar refractivity (Wildman–Crippen MR) is 95.4 cm³/mol. The quantitative estimate of drug-likeness (QED) is 0.813. The number of hydrogen-bond acceptors (Lipinski definition) is 3. The van der Waals surface area contributed by atoms with Gasteiger partial charge >= 0.3 is 0 Å². The lowest BCUT2D eigenvalue weighted by Crippen LogP contribution is -2.20. The maximum absolute atomic E-state index is 12.1. The molecule has 0 unspecified atom stereocenters. The first-order valence-corrected chi connectivity index (χ1v) is 8.18. The second-order valence-corrected chi connectivity index (χ2v) is 6.01. The van der Waals surface area contributed by atoms with Gasteiger partial charge in [0.05, 0.1) is 17.3 Å². The van der Waals surface area contributed by atoms with E-state index in [1.54, 1.807) is 7.11 Å². The van der Waals surface area contributed by atoms with E-state index < -0.39 is 0 Å². The number of amides is 1. The van der Waals surface area contributed by atoms with Crippen molar-refractivity contribution in [3.63, 3.8) is 0 Å². The second-order valence-electron chi connectivity index (χ2n) is 5.16. The van der Waals surface area contributed by atoms with Gasteiger partial charge < -0.3 is 14.8 Å². The molecule has 4 nitrogen and oxygen atoms in total. The summed E-state index contributed by atoms with van der Waals surface area (Å²) in [4.78, 5) is 12.1. The van der Waals surface area contributed by atoms with Crippen molar-refractivity contribution in [2.75, 3.05) is 19.0 Å². The van der Waals surface area contributed by atoms with E-state index in [4.69, 9.17) is 9.47 Å². The molecule has 1 amide bonds. The molecule has 0 saturated heterocycles. The minimum atomic E-state index is -0.236. The van der Waals surface area contributed by atoms with Crippen molar-refractivity contribution in [2.45, 2.75) is 20.3 Å².